The first-order valence-electron chi connectivity index (χ1n) is 9.71. The number of aromatic nitrogens is 3. The molecule has 150 valence electrons. The first kappa shape index (κ1) is 18.9. The van der Waals surface area contributed by atoms with Gasteiger partial charge in [-0.1, -0.05) is 49.6 Å². The van der Waals surface area contributed by atoms with Crippen molar-refractivity contribution < 1.29 is 14.7 Å². The van der Waals surface area contributed by atoms with Crippen molar-refractivity contribution in [1.29, 1.82) is 0 Å². The van der Waals surface area contributed by atoms with Crippen LogP contribution in [0.1, 0.15) is 48.0 Å². The van der Waals surface area contributed by atoms with Crippen LogP contribution in [0.25, 0.3) is 11.0 Å². The quantitative estimate of drug-likeness (QED) is 0.662. The zero-order chi connectivity index (χ0) is 20.2. The first-order chi connectivity index (χ1) is 14.1. The molecule has 0 unspecified atom stereocenters. The van der Waals surface area contributed by atoms with Crippen LogP contribution in [0.5, 0.6) is 0 Å². The topological polar surface area (TPSA) is 106 Å². The molecule has 0 saturated heterocycles. The van der Waals surface area contributed by atoms with Crippen molar-refractivity contribution in [1.82, 2.24) is 14.7 Å². The molecule has 0 amide bonds. The monoisotopic (exact) mass is 394 g/mol. The summed E-state index contributed by atoms with van der Waals surface area (Å²) in [7, 11) is 0. The Morgan fingerprint density at radius 2 is 1.97 bits per heavy atom. The number of nitrogens with zero attached hydrogens (tertiary/aromatic N) is 3. The highest BCUT2D eigenvalue weighted by Crippen LogP contribution is 2.28. The fourth-order valence-electron chi connectivity index (χ4n) is 3.73. The summed E-state index contributed by atoms with van der Waals surface area (Å²) in [6.07, 6.45) is 8.01. The molecule has 2 N–H and O–H groups in total. The van der Waals surface area contributed by atoms with Crippen molar-refractivity contribution in [3.05, 3.63) is 64.3 Å². The number of hydrogen-bond donors (Lipinski definition) is 2. The molecule has 3 aromatic rings. The van der Waals surface area contributed by atoms with Gasteiger partial charge >= 0.3 is 11.5 Å². The van der Waals surface area contributed by atoms with E-state index in [9.17, 15) is 14.7 Å². The molecule has 1 aliphatic carbocycles. The Morgan fingerprint density at radius 3 is 2.69 bits per heavy atom. The Kier molecular flexibility index (Phi) is 5.41. The molecule has 1 aromatic carbocycles. The molecule has 1 saturated carbocycles. The molecule has 8 nitrogen and oxygen atoms in total. The maximum absolute atomic E-state index is 13.1. The summed E-state index contributed by atoms with van der Waals surface area (Å²) in [5.41, 5.74) is 0.251. The fourth-order valence-corrected chi connectivity index (χ4v) is 3.73. The van der Waals surface area contributed by atoms with Crippen LogP contribution in [0.3, 0.4) is 0 Å². The van der Waals surface area contributed by atoms with Crippen molar-refractivity contribution in [3.8, 4) is 0 Å². The Bertz CT molecular complexity index is 1080. The number of rotatable bonds is 6. The van der Waals surface area contributed by atoms with Gasteiger partial charge in [0.1, 0.15) is 12.9 Å². The van der Waals surface area contributed by atoms with Crippen LogP contribution in [-0.2, 0) is 6.61 Å². The van der Waals surface area contributed by atoms with E-state index in [0.29, 0.717) is 5.39 Å². The smallest absolute Gasteiger partial charge is 0.343 e. The number of fused-ring (bicyclic) bond motifs is 1. The van der Waals surface area contributed by atoms with E-state index >= 15 is 0 Å². The zero-order valence-corrected chi connectivity index (χ0v) is 15.9. The molecule has 8 heteroatoms. The number of anilines is 1. The average molecular weight is 394 g/mol. The van der Waals surface area contributed by atoms with Crippen LogP contribution in [0.2, 0.25) is 0 Å². The SMILES string of the molecule is O=C(O)c1c(NC2CCCCC2)c2cncnc2n(OCc2ccccc2)c1=O. The van der Waals surface area contributed by atoms with E-state index in [1.165, 1.54) is 18.9 Å². The van der Waals surface area contributed by atoms with Crippen LogP contribution in [0, 0.1) is 0 Å². The van der Waals surface area contributed by atoms with E-state index in [1.807, 2.05) is 30.3 Å². The largest absolute Gasteiger partial charge is 0.477 e. The standard InChI is InChI=1S/C21H22N4O4/c26-20-17(21(27)28)18(24-15-9-5-2-6-10-15)16-11-22-13-23-19(16)25(20)29-12-14-7-3-1-4-8-14/h1,3-4,7-8,11,13,15,24H,2,5-6,9-10,12H2,(H,27,28). The van der Waals surface area contributed by atoms with Crippen molar-refractivity contribution in [2.45, 2.75) is 44.8 Å². The molecular weight excluding hydrogens is 372 g/mol. The summed E-state index contributed by atoms with van der Waals surface area (Å²) in [4.78, 5) is 39.0. The number of carboxylic acid groups (broad SMARTS) is 1. The second kappa shape index (κ2) is 8.30. The molecular formula is C21H22N4O4. The number of carboxylic acids is 1. The first-order valence-corrected chi connectivity index (χ1v) is 9.71. The van der Waals surface area contributed by atoms with Gasteiger partial charge in [-0.3, -0.25) is 4.79 Å². The van der Waals surface area contributed by atoms with Gasteiger partial charge in [0.25, 0.3) is 0 Å². The van der Waals surface area contributed by atoms with Gasteiger partial charge in [-0.2, -0.15) is 0 Å². The van der Waals surface area contributed by atoms with Crippen molar-refractivity contribution in [3.63, 3.8) is 0 Å². The lowest BCUT2D eigenvalue weighted by molar-refractivity contribution is 0.0678. The second-order valence-electron chi connectivity index (χ2n) is 7.15. The summed E-state index contributed by atoms with van der Waals surface area (Å²) < 4.78 is 0.958. The van der Waals surface area contributed by atoms with Gasteiger partial charge in [0.15, 0.2) is 11.2 Å². The normalized spacial score (nSPS) is 14.6. The third-order valence-corrected chi connectivity index (χ3v) is 5.17. The van der Waals surface area contributed by atoms with Gasteiger partial charge in [-0.05, 0) is 18.4 Å². The molecule has 2 aromatic heterocycles. The highest BCUT2D eigenvalue weighted by molar-refractivity contribution is 6.03. The molecule has 0 radical (unpaired) electrons. The third kappa shape index (κ3) is 3.91. The minimum atomic E-state index is -1.31. The summed E-state index contributed by atoms with van der Waals surface area (Å²) >= 11 is 0. The maximum Gasteiger partial charge on any atom is 0.343 e. The van der Waals surface area contributed by atoms with Crippen molar-refractivity contribution in [2.24, 2.45) is 0 Å². The van der Waals surface area contributed by atoms with Gasteiger partial charge in [-0.15, -0.1) is 4.73 Å². The van der Waals surface area contributed by atoms with Gasteiger partial charge in [0, 0.05) is 12.2 Å². The van der Waals surface area contributed by atoms with Crippen LogP contribution in [0.4, 0.5) is 5.69 Å². The van der Waals surface area contributed by atoms with Crippen LogP contribution < -0.4 is 15.7 Å². The average Bonchev–Trinajstić information content (AvgIpc) is 2.75. The molecule has 0 aliphatic heterocycles. The summed E-state index contributed by atoms with van der Waals surface area (Å²) in [6.45, 7) is 0.105. The van der Waals surface area contributed by atoms with Gasteiger partial charge < -0.3 is 15.3 Å². The van der Waals surface area contributed by atoms with Crippen molar-refractivity contribution in [2.75, 3.05) is 5.32 Å². The zero-order valence-electron chi connectivity index (χ0n) is 15.9. The van der Waals surface area contributed by atoms with E-state index < -0.39 is 11.5 Å². The highest BCUT2D eigenvalue weighted by Gasteiger charge is 2.26. The molecule has 0 atom stereocenters. The van der Waals surface area contributed by atoms with Crippen LogP contribution in [-0.4, -0.2) is 31.8 Å². The number of benzene rings is 1. The Morgan fingerprint density at radius 1 is 1.21 bits per heavy atom. The number of pyridine rings is 1. The number of carbonyl (C=O) groups is 1. The van der Waals surface area contributed by atoms with Crippen LogP contribution in [0.15, 0.2) is 47.7 Å². The predicted molar refractivity (Wildman–Crippen MR) is 108 cm³/mol. The summed E-state index contributed by atoms with van der Waals surface area (Å²) in [5, 5.41) is 13.5. The Labute approximate surface area is 167 Å². The molecule has 4 rings (SSSR count). The predicted octanol–water partition coefficient (Wildman–Crippen LogP) is 2.86. The number of hydrogen-bond acceptors (Lipinski definition) is 6. The number of nitrogens with one attached hydrogen (secondary N) is 1. The second-order valence-corrected chi connectivity index (χ2v) is 7.15. The lowest BCUT2D eigenvalue weighted by atomic mass is 9.95. The fraction of sp³-hybridized carbons (Fsp3) is 0.333. The Hall–Kier alpha value is -3.42. The molecule has 2 heterocycles. The molecule has 29 heavy (non-hydrogen) atoms. The highest BCUT2D eigenvalue weighted by atomic mass is 16.7. The van der Waals surface area contributed by atoms with Crippen LogP contribution >= 0.6 is 0 Å². The third-order valence-electron chi connectivity index (χ3n) is 5.17. The molecule has 1 fully saturated rings. The molecule has 1 aliphatic rings. The summed E-state index contributed by atoms with van der Waals surface area (Å²) in [6, 6.07) is 9.44. The maximum atomic E-state index is 13.1. The van der Waals surface area contributed by atoms with Gasteiger partial charge in [0.05, 0.1) is 11.1 Å². The van der Waals surface area contributed by atoms with E-state index in [1.54, 1.807) is 0 Å². The lowest BCUT2D eigenvalue weighted by Gasteiger charge is -2.25. The van der Waals surface area contributed by atoms with Gasteiger partial charge in [-0.25, -0.2) is 14.8 Å². The Balaban J connectivity index is 1.80. The minimum absolute atomic E-state index is 0.105. The van der Waals surface area contributed by atoms with Gasteiger partial charge in [0.2, 0.25) is 0 Å². The van der Waals surface area contributed by atoms with E-state index in [0.717, 1.165) is 36.0 Å². The number of aromatic carboxylic acids is 1. The molecule has 0 bridgehead atoms. The van der Waals surface area contributed by atoms with E-state index in [4.69, 9.17) is 4.84 Å². The molecule has 0 spiro atoms. The van der Waals surface area contributed by atoms with Crippen molar-refractivity contribution >= 4 is 22.7 Å². The van der Waals surface area contributed by atoms with E-state index in [2.05, 4.69) is 15.3 Å². The lowest BCUT2D eigenvalue weighted by Crippen LogP contribution is -2.34. The summed E-state index contributed by atoms with van der Waals surface area (Å²) in [5.74, 6) is -1.31. The van der Waals surface area contributed by atoms with E-state index in [-0.39, 0.29) is 29.5 Å². The minimum Gasteiger partial charge on any atom is -0.477 e.